The van der Waals surface area contributed by atoms with Gasteiger partial charge in [0.05, 0.1) is 11.6 Å². The number of carbonyl (C=O) groups excluding carboxylic acids is 1. The standard InChI is InChI=1S/C8H18N2O2/c1-4-6(7(9)11)10-5-8(2,3)12/h6,10,12H,4-5H2,1-3H3,(H2,9,11). The third kappa shape index (κ3) is 5.09. The maximum Gasteiger partial charge on any atom is 0.234 e. The Labute approximate surface area is 73.1 Å². The van der Waals surface area contributed by atoms with Gasteiger partial charge in [-0.05, 0) is 20.3 Å². The largest absolute Gasteiger partial charge is 0.389 e. The van der Waals surface area contributed by atoms with Gasteiger partial charge in [-0.25, -0.2) is 0 Å². The lowest BCUT2D eigenvalue weighted by atomic mass is 10.1. The molecule has 0 spiro atoms. The fraction of sp³-hybridized carbons (Fsp3) is 0.875. The highest BCUT2D eigenvalue weighted by Crippen LogP contribution is 1.99. The Hall–Kier alpha value is -0.610. The summed E-state index contributed by atoms with van der Waals surface area (Å²) in [5.74, 6) is -0.373. The van der Waals surface area contributed by atoms with Crippen molar-refractivity contribution < 1.29 is 9.90 Å². The number of aliphatic hydroxyl groups is 1. The molecule has 0 aliphatic heterocycles. The predicted octanol–water partition coefficient (Wildman–Crippen LogP) is -0.389. The van der Waals surface area contributed by atoms with Gasteiger partial charge < -0.3 is 16.2 Å². The smallest absolute Gasteiger partial charge is 0.234 e. The van der Waals surface area contributed by atoms with Crippen molar-refractivity contribution in [3.8, 4) is 0 Å². The molecule has 0 aliphatic carbocycles. The number of carbonyl (C=O) groups is 1. The van der Waals surface area contributed by atoms with Crippen LogP contribution in [0.25, 0.3) is 0 Å². The van der Waals surface area contributed by atoms with Crippen molar-refractivity contribution in [2.45, 2.75) is 38.8 Å². The van der Waals surface area contributed by atoms with E-state index < -0.39 is 5.60 Å². The number of nitrogens with two attached hydrogens (primary N) is 1. The monoisotopic (exact) mass is 174 g/mol. The van der Waals surface area contributed by atoms with Gasteiger partial charge in [0, 0.05) is 6.54 Å². The second-order valence-electron chi connectivity index (χ2n) is 3.56. The molecular weight excluding hydrogens is 156 g/mol. The number of primary amides is 1. The average Bonchev–Trinajstić information content (AvgIpc) is 1.85. The van der Waals surface area contributed by atoms with Crippen molar-refractivity contribution in [2.24, 2.45) is 5.73 Å². The normalized spacial score (nSPS) is 14.3. The fourth-order valence-electron chi connectivity index (χ4n) is 0.819. The first kappa shape index (κ1) is 11.4. The number of rotatable bonds is 5. The summed E-state index contributed by atoms with van der Waals surface area (Å²) in [6.07, 6.45) is 0.644. The van der Waals surface area contributed by atoms with Crippen molar-refractivity contribution in [3.05, 3.63) is 0 Å². The molecule has 0 aromatic heterocycles. The molecule has 0 saturated carbocycles. The van der Waals surface area contributed by atoms with E-state index in [-0.39, 0.29) is 11.9 Å². The molecule has 0 aromatic rings. The summed E-state index contributed by atoms with van der Waals surface area (Å²) in [6.45, 7) is 5.59. The van der Waals surface area contributed by atoms with E-state index in [0.717, 1.165) is 0 Å². The molecule has 0 aromatic carbocycles. The lowest BCUT2D eigenvalue weighted by Crippen LogP contribution is -2.46. The van der Waals surface area contributed by atoms with E-state index in [9.17, 15) is 9.90 Å². The van der Waals surface area contributed by atoms with Crippen molar-refractivity contribution in [3.63, 3.8) is 0 Å². The van der Waals surface area contributed by atoms with E-state index in [1.807, 2.05) is 6.92 Å². The van der Waals surface area contributed by atoms with Crippen LogP contribution in [0.5, 0.6) is 0 Å². The molecule has 0 saturated heterocycles. The molecule has 1 amide bonds. The molecule has 72 valence electrons. The minimum Gasteiger partial charge on any atom is -0.389 e. The zero-order valence-electron chi connectivity index (χ0n) is 7.92. The van der Waals surface area contributed by atoms with Gasteiger partial charge in [0.25, 0.3) is 0 Å². The van der Waals surface area contributed by atoms with E-state index in [1.165, 1.54) is 0 Å². The summed E-state index contributed by atoms with van der Waals surface area (Å²) in [5.41, 5.74) is 4.29. The van der Waals surface area contributed by atoms with Crippen LogP contribution in [0.1, 0.15) is 27.2 Å². The Morgan fingerprint density at radius 1 is 1.67 bits per heavy atom. The van der Waals surface area contributed by atoms with Crippen LogP contribution >= 0.6 is 0 Å². The van der Waals surface area contributed by atoms with Crippen molar-refractivity contribution >= 4 is 5.91 Å². The molecule has 4 nitrogen and oxygen atoms in total. The SMILES string of the molecule is CCC(NCC(C)(C)O)C(N)=O. The lowest BCUT2D eigenvalue weighted by Gasteiger charge is -2.21. The van der Waals surface area contributed by atoms with Gasteiger partial charge in [-0.2, -0.15) is 0 Å². The predicted molar refractivity (Wildman–Crippen MR) is 47.6 cm³/mol. The minimum atomic E-state index is -0.803. The van der Waals surface area contributed by atoms with Gasteiger partial charge in [-0.1, -0.05) is 6.92 Å². The molecule has 12 heavy (non-hydrogen) atoms. The van der Waals surface area contributed by atoms with E-state index in [4.69, 9.17) is 5.73 Å². The van der Waals surface area contributed by atoms with Crippen LogP contribution in [0.15, 0.2) is 0 Å². The molecule has 0 rings (SSSR count). The lowest BCUT2D eigenvalue weighted by molar-refractivity contribution is -0.120. The van der Waals surface area contributed by atoms with Crippen LogP contribution in [0.2, 0.25) is 0 Å². The van der Waals surface area contributed by atoms with Crippen LogP contribution in [-0.2, 0) is 4.79 Å². The van der Waals surface area contributed by atoms with Crippen molar-refractivity contribution in [1.29, 1.82) is 0 Å². The van der Waals surface area contributed by atoms with Crippen LogP contribution in [0.3, 0.4) is 0 Å². The zero-order valence-corrected chi connectivity index (χ0v) is 7.92. The Morgan fingerprint density at radius 3 is 2.42 bits per heavy atom. The van der Waals surface area contributed by atoms with Gasteiger partial charge in [-0.3, -0.25) is 4.79 Å². The molecule has 1 atom stereocenters. The molecule has 0 heterocycles. The van der Waals surface area contributed by atoms with Crippen molar-refractivity contribution in [2.75, 3.05) is 6.54 Å². The summed E-state index contributed by atoms with van der Waals surface area (Å²) in [4.78, 5) is 10.7. The summed E-state index contributed by atoms with van der Waals surface area (Å²) in [5, 5.41) is 12.2. The summed E-state index contributed by atoms with van der Waals surface area (Å²) in [7, 11) is 0. The molecule has 4 N–H and O–H groups in total. The highest BCUT2D eigenvalue weighted by molar-refractivity contribution is 5.79. The van der Waals surface area contributed by atoms with Gasteiger partial charge in [0.1, 0.15) is 0 Å². The topological polar surface area (TPSA) is 75.3 Å². The zero-order chi connectivity index (χ0) is 9.78. The molecule has 0 aliphatic rings. The Balaban J connectivity index is 3.81. The number of amides is 1. The first-order chi connectivity index (χ1) is 5.37. The third-order valence-electron chi connectivity index (χ3n) is 1.53. The third-order valence-corrected chi connectivity index (χ3v) is 1.53. The minimum absolute atomic E-state index is 0.337. The van der Waals surface area contributed by atoms with Crippen LogP contribution in [0, 0.1) is 0 Å². The van der Waals surface area contributed by atoms with Crippen LogP contribution in [0.4, 0.5) is 0 Å². The maximum absolute atomic E-state index is 10.7. The highest BCUT2D eigenvalue weighted by atomic mass is 16.3. The highest BCUT2D eigenvalue weighted by Gasteiger charge is 2.17. The van der Waals surface area contributed by atoms with Crippen LogP contribution < -0.4 is 11.1 Å². The van der Waals surface area contributed by atoms with Gasteiger partial charge in [-0.15, -0.1) is 0 Å². The Bertz CT molecular complexity index is 152. The van der Waals surface area contributed by atoms with E-state index in [1.54, 1.807) is 13.8 Å². The molecule has 0 radical (unpaired) electrons. The van der Waals surface area contributed by atoms with Gasteiger partial charge in [0.15, 0.2) is 0 Å². The van der Waals surface area contributed by atoms with Gasteiger partial charge in [0.2, 0.25) is 5.91 Å². The quantitative estimate of drug-likeness (QED) is 0.531. The number of nitrogens with one attached hydrogen (secondary N) is 1. The van der Waals surface area contributed by atoms with Crippen LogP contribution in [-0.4, -0.2) is 29.2 Å². The van der Waals surface area contributed by atoms with E-state index in [0.29, 0.717) is 13.0 Å². The van der Waals surface area contributed by atoms with Gasteiger partial charge >= 0.3 is 0 Å². The first-order valence-corrected chi connectivity index (χ1v) is 4.12. The second kappa shape index (κ2) is 4.42. The maximum atomic E-state index is 10.7. The molecule has 4 heteroatoms. The summed E-state index contributed by atoms with van der Waals surface area (Å²) >= 11 is 0. The fourth-order valence-corrected chi connectivity index (χ4v) is 0.819. The van der Waals surface area contributed by atoms with E-state index >= 15 is 0 Å². The Kier molecular flexibility index (Phi) is 4.20. The number of hydrogen-bond donors (Lipinski definition) is 3. The molecular formula is C8H18N2O2. The molecule has 0 bridgehead atoms. The Morgan fingerprint density at radius 2 is 2.17 bits per heavy atom. The second-order valence-corrected chi connectivity index (χ2v) is 3.56. The average molecular weight is 174 g/mol. The van der Waals surface area contributed by atoms with E-state index in [2.05, 4.69) is 5.32 Å². The summed E-state index contributed by atoms with van der Waals surface area (Å²) < 4.78 is 0. The first-order valence-electron chi connectivity index (χ1n) is 4.12. The molecule has 1 unspecified atom stereocenters. The summed E-state index contributed by atoms with van der Waals surface area (Å²) in [6, 6.07) is -0.337. The molecule has 0 fully saturated rings. The van der Waals surface area contributed by atoms with Crippen molar-refractivity contribution in [1.82, 2.24) is 5.32 Å². The number of hydrogen-bond acceptors (Lipinski definition) is 3.